The summed E-state index contributed by atoms with van der Waals surface area (Å²) < 4.78 is 6.35. The van der Waals surface area contributed by atoms with Crippen molar-refractivity contribution in [3.8, 4) is 0 Å². The highest BCUT2D eigenvalue weighted by atomic mass is 16.5. The van der Waals surface area contributed by atoms with Crippen molar-refractivity contribution in [1.29, 1.82) is 0 Å². The smallest absolute Gasteiger partial charge is 0.354 e. The summed E-state index contributed by atoms with van der Waals surface area (Å²) in [5.74, 6) is -0.432. The van der Waals surface area contributed by atoms with Crippen molar-refractivity contribution in [2.45, 2.75) is 32.2 Å². The summed E-state index contributed by atoms with van der Waals surface area (Å²) >= 11 is 0. The van der Waals surface area contributed by atoms with Crippen LogP contribution < -0.4 is 0 Å². The number of ether oxygens (including phenoxy) is 1. The third kappa shape index (κ3) is 3.70. The van der Waals surface area contributed by atoms with Gasteiger partial charge in [0.05, 0.1) is 12.8 Å². The number of hydrogen-bond donors (Lipinski definition) is 1. The summed E-state index contributed by atoms with van der Waals surface area (Å²) in [7, 11) is 1.32. The first kappa shape index (κ1) is 14.4. The van der Waals surface area contributed by atoms with Gasteiger partial charge in [-0.2, -0.15) is 0 Å². The van der Waals surface area contributed by atoms with Gasteiger partial charge in [-0.05, 0) is 25.0 Å². The van der Waals surface area contributed by atoms with E-state index in [2.05, 4.69) is 4.74 Å². The average Bonchev–Trinajstić information content (AvgIpc) is 2.80. The van der Waals surface area contributed by atoms with Gasteiger partial charge >= 0.3 is 5.97 Å². The van der Waals surface area contributed by atoms with E-state index in [0.29, 0.717) is 17.9 Å². The van der Waals surface area contributed by atoms with Crippen molar-refractivity contribution in [2.75, 3.05) is 13.7 Å². The standard InChI is InChI=1S/C13H19NO4/c1-18-13(17)12-7-6-11(10-16)14(12)8-4-2-3-5-9-15/h6-7,10,15H,2-5,8-9H2,1H3. The van der Waals surface area contributed by atoms with Gasteiger partial charge in [0.25, 0.3) is 0 Å². The maximum atomic E-state index is 11.5. The Morgan fingerprint density at radius 3 is 2.67 bits per heavy atom. The van der Waals surface area contributed by atoms with Gasteiger partial charge < -0.3 is 14.4 Å². The van der Waals surface area contributed by atoms with Crippen LogP contribution in [0.2, 0.25) is 0 Å². The number of carbonyl (C=O) groups is 2. The molecule has 0 aliphatic carbocycles. The first-order valence-electron chi connectivity index (χ1n) is 6.08. The molecule has 1 aromatic rings. The lowest BCUT2D eigenvalue weighted by atomic mass is 10.2. The molecule has 0 aromatic carbocycles. The third-order valence-electron chi connectivity index (χ3n) is 2.82. The number of aliphatic hydroxyl groups excluding tert-OH is 1. The lowest BCUT2D eigenvalue weighted by Crippen LogP contribution is -2.13. The number of aliphatic hydroxyl groups is 1. The molecule has 0 radical (unpaired) electrons. The minimum atomic E-state index is -0.432. The minimum absolute atomic E-state index is 0.205. The highest BCUT2D eigenvalue weighted by Crippen LogP contribution is 2.12. The van der Waals surface area contributed by atoms with Gasteiger partial charge in [-0.3, -0.25) is 4.79 Å². The second kappa shape index (κ2) is 7.66. The molecular formula is C13H19NO4. The van der Waals surface area contributed by atoms with Crippen LogP contribution >= 0.6 is 0 Å². The molecule has 0 bridgehead atoms. The predicted octanol–water partition coefficient (Wildman–Crippen LogP) is 1.64. The van der Waals surface area contributed by atoms with Gasteiger partial charge in [0.2, 0.25) is 0 Å². The predicted molar refractivity (Wildman–Crippen MR) is 66.7 cm³/mol. The van der Waals surface area contributed by atoms with E-state index < -0.39 is 5.97 Å². The Balaban J connectivity index is 2.64. The fraction of sp³-hybridized carbons (Fsp3) is 0.538. The second-order valence-electron chi connectivity index (χ2n) is 4.04. The van der Waals surface area contributed by atoms with Gasteiger partial charge in [0.1, 0.15) is 5.69 Å². The topological polar surface area (TPSA) is 68.5 Å². The van der Waals surface area contributed by atoms with E-state index in [1.165, 1.54) is 7.11 Å². The molecule has 0 saturated heterocycles. The first-order chi connectivity index (χ1) is 8.74. The number of esters is 1. The molecule has 0 fully saturated rings. The number of methoxy groups -OCH3 is 1. The van der Waals surface area contributed by atoms with Crippen LogP contribution in [0.15, 0.2) is 12.1 Å². The molecule has 5 nitrogen and oxygen atoms in total. The number of aromatic nitrogens is 1. The summed E-state index contributed by atoms with van der Waals surface area (Å²) in [6.07, 6.45) is 4.29. The van der Waals surface area contributed by atoms with E-state index in [1.807, 2.05) is 0 Å². The zero-order valence-electron chi connectivity index (χ0n) is 10.6. The van der Waals surface area contributed by atoms with Crippen LogP contribution in [0.4, 0.5) is 0 Å². The van der Waals surface area contributed by atoms with Crippen LogP contribution in [-0.2, 0) is 11.3 Å². The number of unbranched alkanes of at least 4 members (excludes halogenated alkanes) is 3. The molecule has 18 heavy (non-hydrogen) atoms. The summed E-state index contributed by atoms with van der Waals surface area (Å²) in [6, 6.07) is 3.22. The SMILES string of the molecule is COC(=O)c1ccc(C=O)n1CCCCCCO. The van der Waals surface area contributed by atoms with Crippen molar-refractivity contribution in [3.63, 3.8) is 0 Å². The van der Waals surface area contributed by atoms with Crippen molar-refractivity contribution >= 4 is 12.3 Å². The number of carbonyl (C=O) groups excluding carboxylic acids is 2. The lowest BCUT2D eigenvalue weighted by Gasteiger charge is -2.09. The summed E-state index contributed by atoms with van der Waals surface area (Å²) in [6.45, 7) is 0.813. The zero-order chi connectivity index (χ0) is 13.4. The van der Waals surface area contributed by atoms with Gasteiger partial charge in [0.15, 0.2) is 6.29 Å². The number of nitrogens with zero attached hydrogens (tertiary/aromatic N) is 1. The Morgan fingerprint density at radius 2 is 2.06 bits per heavy atom. The van der Waals surface area contributed by atoms with Crippen molar-refractivity contribution in [1.82, 2.24) is 4.57 Å². The fourth-order valence-corrected chi connectivity index (χ4v) is 1.85. The maximum Gasteiger partial charge on any atom is 0.354 e. The third-order valence-corrected chi connectivity index (χ3v) is 2.82. The Bertz CT molecular complexity index is 398. The van der Waals surface area contributed by atoms with E-state index in [1.54, 1.807) is 16.7 Å². The second-order valence-corrected chi connectivity index (χ2v) is 4.04. The van der Waals surface area contributed by atoms with Crippen LogP contribution in [-0.4, -0.2) is 35.6 Å². The molecule has 1 heterocycles. The molecule has 0 aliphatic rings. The summed E-state index contributed by atoms with van der Waals surface area (Å²) in [5, 5.41) is 8.67. The molecular weight excluding hydrogens is 234 g/mol. The van der Waals surface area contributed by atoms with Crippen LogP contribution in [0.25, 0.3) is 0 Å². The molecule has 5 heteroatoms. The molecule has 0 aliphatic heterocycles. The highest BCUT2D eigenvalue weighted by Gasteiger charge is 2.14. The fourth-order valence-electron chi connectivity index (χ4n) is 1.85. The van der Waals surface area contributed by atoms with Crippen LogP contribution in [0.5, 0.6) is 0 Å². The maximum absolute atomic E-state index is 11.5. The van der Waals surface area contributed by atoms with Gasteiger partial charge in [-0.15, -0.1) is 0 Å². The van der Waals surface area contributed by atoms with Gasteiger partial charge in [0, 0.05) is 13.2 Å². The van der Waals surface area contributed by atoms with Crippen molar-refractivity contribution < 1.29 is 19.4 Å². The number of aldehydes is 1. The van der Waals surface area contributed by atoms with Crippen molar-refractivity contribution in [2.24, 2.45) is 0 Å². The Hall–Kier alpha value is -1.62. The summed E-state index contributed by atoms with van der Waals surface area (Å²) in [4.78, 5) is 22.4. The molecule has 0 spiro atoms. The molecule has 1 aromatic heterocycles. The molecule has 0 atom stereocenters. The van der Waals surface area contributed by atoms with Crippen molar-refractivity contribution in [3.05, 3.63) is 23.5 Å². The Morgan fingerprint density at radius 1 is 1.33 bits per heavy atom. The zero-order valence-corrected chi connectivity index (χ0v) is 10.6. The normalized spacial score (nSPS) is 10.3. The highest BCUT2D eigenvalue weighted by molar-refractivity contribution is 5.89. The number of hydrogen-bond acceptors (Lipinski definition) is 4. The van der Waals surface area contributed by atoms with Crippen LogP contribution in [0, 0.1) is 0 Å². The van der Waals surface area contributed by atoms with Crippen LogP contribution in [0.3, 0.4) is 0 Å². The number of rotatable bonds is 8. The monoisotopic (exact) mass is 253 g/mol. The largest absolute Gasteiger partial charge is 0.464 e. The molecule has 0 amide bonds. The quantitative estimate of drug-likeness (QED) is 0.434. The summed E-state index contributed by atoms with van der Waals surface area (Å²) in [5.41, 5.74) is 0.888. The van der Waals surface area contributed by atoms with Crippen LogP contribution in [0.1, 0.15) is 46.7 Å². The van der Waals surface area contributed by atoms with E-state index in [0.717, 1.165) is 32.0 Å². The van der Waals surface area contributed by atoms with E-state index >= 15 is 0 Å². The molecule has 100 valence electrons. The van der Waals surface area contributed by atoms with E-state index in [4.69, 9.17) is 5.11 Å². The molecule has 0 saturated carbocycles. The first-order valence-corrected chi connectivity index (χ1v) is 6.08. The van der Waals surface area contributed by atoms with E-state index in [9.17, 15) is 9.59 Å². The van der Waals surface area contributed by atoms with Gasteiger partial charge in [-0.1, -0.05) is 12.8 Å². The van der Waals surface area contributed by atoms with Gasteiger partial charge in [-0.25, -0.2) is 4.79 Å². The molecule has 0 unspecified atom stereocenters. The van der Waals surface area contributed by atoms with E-state index in [-0.39, 0.29) is 6.61 Å². The Labute approximate surface area is 106 Å². The minimum Gasteiger partial charge on any atom is -0.464 e. The Kier molecular flexibility index (Phi) is 6.14. The molecule has 1 N–H and O–H groups in total. The average molecular weight is 253 g/mol. The molecule has 1 rings (SSSR count). The lowest BCUT2D eigenvalue weighted by molar-refractivity contribution is 0.0588.